The fraction of sp³-hybridized carbons (Fsp3) is 0.583. The number of aliphatic imine (C=N–C) groups is 1. The van der Waals surface area contributed by atoms with E-state index < -0.39 is 0 Å². The summed E-state index contributed by atoms with van der Waals surface area (Å²) in [6.45, 7) is 3.23. The van der Waals surface area contributed by atoms with Gasteiger partial charge in [-0.25, -0.2) is 10.8 Å². The summed E-state index contributed by atoms with van der Waals surface area (Å²) in [5.41, 5.74) is 2.54. The van der Waals surface area contributed by atoms with Crippen LogP contribution >= 0.6 is 0 Å². The summed E-state index contributed by atoms with van der Waals surface area (Å²) in [4.78, 5) is 4.24. The van der Waals surface area contributed by atoms with Gasteiger partial charge in [-0.05, 0) is 25.5 Å². The minimum atomic E-state index is 0.257. The molecule has 1 aromatic heterocycles. The van der Waals surface area contributed by atoms with Crippen LogP contribution in [0.2, 0.25) is 0 Å². The minimum absolute atomic E-state index is 0.257. The molecule has 0 radical (unpaired) electrons. The first kappa shape index (κ1) is 14.5. The van der Waals surface area contributed by atoms with Crippen LogP contribution in [-0.4, -0.2) is 32.3 Å². The van der Waals surface area contributed by atoms with Gasteiger partial charge in [0.05, 0.1) is 19.4 Å². The van der Waals surface area contributed by atoms with Crippen molar-refractivity contribution in [3.05, 3.63) is 24.2 Å². The van der Waals surface area contributed by atoms with Crippen molar-refractivity contribution in [3.63, 3.8) is 0 Å². The van der Waals surface area contributed by atoms with E-state index in [2.05, 4.69) is 22.7 Å². The van der Waals surface area contributed by atoms with Gasteiger partial charge >= 0.3 is 0 Å². The molecule has 102 valence electrons. The highest BCUT2D eigenvalue weighted by molar-refractivity contribution is 5.79. The number of nitrogens with one attached hydrogen (secondary N) is 2. The van der Waals surface area contributed by atoms with Crippen molar-refractivity contribution in [2.24, 2.45) is 10.8 Å². The van der Waals surface area contributed by atoms with Gasteiger partial charge < -0.3 is 14.5 Å². The van der Waals surface area contributed by atoms with Crippen LogP contribution in [0.15, 0.2) is 27.8 Å². The molecule has 4 N–H and O–H groups in total. The SMILES string of the molecule is COCCN=C(NN)NC(C)CCc1ccco1. The summed E-state index contributed by atoms with van der Waals surface area (Å²) in [6.07, 6.45) is 3.52. The van der Waals surface area contributed by atoms with Crippen molar-refractivity contribution in [1.29, 1.82) is 0 Å². The standard InChI is InChI=1S/C12H22N4O2/c1-10(5-6-11-4-3-8-18-11)15-12(16-13)14-7-9-17-2/h3-4,8,10H,5-7,9,13H2,1-2H3,(H2,14,15,16). The van der Waals surface area contributed by atoms with E-state index in [1.807, 2.05) is 12.1 Å². The van der Waals surface area contributed by atoms with Crippen molar-refractivity contribution in [1.82, 2.24) is 10.7 Å². The van der Waals surface area contributed by atoms with Crippen LogP contribution in [0.3, 0.4) is 0 Å². The van der Waals surface area contributed by atoms with E-state index >= 15 is 0 Å². The molecule has 6 nitrogen and oxygen atoms in total. The largest absolute Gasteiger partial charge is 0.469 e. The number of hydrogen-bond donors (Lipinski definition) is 3. The summed E-state index contributed by atoms with van der Waals surface area (Å²) in [5.74, 6) is 6.96. The molecule has 1 rings (SSSR count). The zero-order valence-electron chi connectivity index (χ0n) is 11.0. The molecule has 0 bridgehead atoms. The van der Waals surface area contributed by atoms with Gasteiger partial charge in [-0.1, -0.05) is 0 Å². The quantitative estimate of drug-likeness (QED) is 0.219. The summed E-state index contributed by atoms with van der Waals surface area (Å²) >= 11 is 0. The second-order valence-corrected chi connectivity index (χ2v) is 4.03. The van der Waals surface area contributed by atoms with E-state index in [4.69, 9.17) is 15.0 Å². The van der Waals surface area contributed by atoms with Crippen molar-refractivity contribution in [2.45, 2.75) is 25.8 Å². The minimum Gasteiger partial charge on any atom is -0.469 e. The molecule has 0 fully saturated rings. The van der Waals surface area contributed by atoms with E-state index in [-0.39, 0.29) is 6.04 Å². The molecule has 6 heteroatoms. The number of guanidine groups is 1. The van der Waals surface area contributed by atoms with Crippen LogP contribution in [0.5, 0.6) is 0 Å². The topological polar surface area (TPSA) is 84.8 Å². The van der Waals surface area contributed by atoms with Crippen molar-refractivity contribution < 1.29 is 9.15 Å². The second kappa shape index (κ2) is 8.54. The van der Waals surface area contributed by atoms with Gasteiger partial charge in [0.2, 0.25) is 5.96 Å². The second-order valence-electron chi connectivity index (χ2n) is 4.03. The van der Waals surface area contributed by atoms with Gasteiger partial charge in [0.25, 0.3) is 0 Å². The molecular formula is C12H22N4O2. The Morgan fingerprint density at radius 2 is 2.44 bits per heavy atom. The lowest BCUT2D eigenvalue weighted by Crippen LogP contribution is -2.45. The lowest BCUT2D eigenvalue weighted by molar-refractivity contribution is 0.208. The fourth-order valence-corrected chi connectivity index (χ4v) is 1.50. The average molecular weight is 254 g/mol. The predicted molar refractivity (Wildman–Crippen MR) is 71.1 cm³/mol. The summed E-state index contributed by atoms with van der Waals surface area (Å²) in [7, 11) is 1.64. The molecule has 1 atom stereocenters. The third-order valence-electron chi connectivity index (χ3n) is 2.49. The van der Waals surface area contributed by atoms with Crippen LogP contribution in [-0.2, 0) is 11.2 Å². The van der Waals surface area contributed by atoms with Crippen LogP contribution in [0, 0.1) is 0 Å². The first-order valence-corrected chi connectivity index (χ1v) is 6.05. The lowest BCUT2D eigenvalue weighted by Gasteiger charge is -2.15. The Kier molecular flexibility index (Phi) is 6.90. The molecule has 0 saturated heterocycles. The monoisotopic (exact) mass is 254 g/mol. The Bertz CT molecular complexity index is 338. The first-order chi connectivity index (χ1) is 8.76. The van der Waals surface area contributed by atoms with Gasteiger partial charge in [-0.3, -0.25) is 5.43 Å². The zero-order valence-corrected chi connectivity index (χ0v) is 11.0. The van der Waals surface area contributed by atoms with Crippen molar-refractivity contribution >= 4 is 5.96 Å². The molecule has 0 saturated carbocycles. The van der Waals surface area contributed by atoms with E-state index in [0.29, 0.717) is 19.1 Å². The number of nitrogens with zero attached hydrogens (tertiary/aromatic N) is 1. The third kappa shape index (κ3) is 5.70. The Morgan fingerprint density at radius 3 is 3.06 bits per heavy atom. The Hall–Kier alpha value is -1.53. The van der Waals surface area contributed by atoms with Gasteiger partial charge in [0.1, 0.15) is 5.76 Å². The normalized spacial score (nSPS) is 13.4. The Morgan fingerprint density at radius 1 is 1.61 bits per heavy atom. The van der Waals surface area contributed by atoms with E-state index in [9.17, 15) is 0 Å². The van der Waals surface area contributed by atoms with Gasteiger partial charge in [0, 0.05) is 19.6 Å². The number of methoxy groups -OCH3 is 1. The number of aryl methyl sites for hydroxylation is 1. The molecule has 1 heterocycles. The smallest absolute Gasteiger partial charge is 0.206 e. The summed E-state index contributed by atoms with van der Waals surface area (Å²) in [5, 5.41) is 3.20. The fourth-order valence-electron chi connectivity index (χ4n) is 1.50. The van der Waals surface area contributed by atoms with Crippen molar-refractivity contribution in [2.75, 3.05) is 20.3 Å². The summed E-state index contributed by atoms with van der Waals surface area (Å²) < 4.78 is 10.2. The molecule has 0 aliphatic carbocycles. The number of nitrogens with two attached hydrogens (primary N) is 1. The number of furan rings is 1. The van der Waals surface area contributed by atoms with Gasteiger partial charge in [0.15, 0.2) is 0 Å². The van der Waals surface area contributed by atoms with E-state index in [0.717, 1.165) is 18.6 Å². The van der Waals surface area contributed by atoms with Gasteiger partial charge in [-0.15, -0.1) is 0 Å². The first-order valence-electron chi connectivity index (χ1n) is 6.05. The van der Waals surface area contributed by atoms with E-state index in [1.165, 1.54) is 0 Å². The predicted octanol–water partition coefficient (Wildman–Crippen LogP) is 0.656. The molecular weight excluding hydrogens is 232 g/mol. The van der Waals surface area contributed by atoms with Crippen molar-refractivity contribution in [3.8, 4) is 0 Å². The lowest BCUT2D eigenvalue weighted by atomic mass is 10.1. The van der Waals surface area contributed by atoms with Crippen LogP contribution < -0.4 is 16.6 Å². The average Bonchev–Trinajstić information content (AvgIpc) is 2.88. The molecule has 0 spiro atoms. The molecule has 1 aromatic rings. The number of hydrogen-bond acceptors (Lipinski definition) is 4. The van der Waals surface area contributed by atoms with Crippen LogP contribution in [0.25, 0.3) is 0 Å². The molecule has 18 heavy (non-hydrogen) atoms. The molecule has 0 aliphatic rings. The highest BCUT2D eigenvalue weighted by atomic mass is 16.5. The van der Waals surface area contributed by atoms with Crippen LogP contribution in [0.1, 0.15) is 19.1 Å². The highest BCUT2D eigenvalue weighted by Gasteiger charge is 2.05. The zero-order chi connectivity index (χ0) is 13.2. The molecule has 1 unspecified atom stereocenters. The van der Waals surface area contributed by atoms with E-state index in [1.54, 1.807) is 13.4 Å². The number of hydrazine groups is 1. The van der Waals surface area contributed by atoms with Crippen LogP contribution in [0.4, 0.5) is 0 Å². The Balaban J connectivity index is 2.28. The summed E-state index contributed by atoms with van der Waals surface area (Å²) in [6, 6.07) is 4.13. The number of ether oxygens (including phenoxy) is 1. The Labute approximate surface area is 108 Å². The molecule has 0 aromatic carbocycles. The number of rotatable bonds is 7. The highest BCUT2D eigenvalue weighted by Crippen LogP contribution is 2.05. The maximum atomic E-state index is 5.39. The molecule has 0 aliphatic heterocycles. The van der Waals surface area contributed by atoms with Gasteiger partial charge in [-0.2, -0.15) is 0 Å². The third-order valence-corrected chi connectivity index (χ3v) is 2.49. The molecule has 0 amide bonds. The maximum Gasteiger partial charge on any atom is 0.206 e. The maximum absolute atomic E-state index is 5.39.